The van der Waals surface area contributed by atoms with Crippen LogP contribution in [0.4, 0.5) is 0 Å². The summed E-state index contributed by atoms with van der Waals surface area (Å²) in [5.41, 5.74) is 0.455. The molecule has 1 amide bonds. The van der Waals surface area contributed by atoms with Crippen LogP contribution in [-0.4, -0.2) is 57.8 Å². The van der Waals surface area contributed by atoms with Crippen molar-refractivity contribution in [2.75, 3.05) is 33.1 Å². The molecule has 7 nitrogen and oxygen atoms in total. The summed E-state index contributed by atoms with van der Waals surface area (Å²) in [6, 6.07) is 8.54. The summed E-state index contributed by atoms with van der Waals surface area (Å²) in [4.78, 5) is 14.3. The van der Waals surface area contributed by atoms with Crippen LogP contribution in [0.2, 0.25) is 0 Å². The van der Waals surface area contributed by atoms with Crippen molar-refractivity contribution in [1.29, 1.82) is 5.26 Å². The maximum Gasteiger partial charge on any atom is 0.253 e. The molecule has 0 aromatic heterocycles. The molecule has 0 spiro atoms. The van der Waals surface area contributed by atoms with E-state index >= 15 is 0 Å². The lowest BCUT2D eigenvalue weighted by Crippen LogP contribution is -2.56. The van der Waals surface area contributed by atoms with E-state index in [1.807, 2.05) is 6.07 Å². The van der Waals surface area contributed by atoms with Crippen LogP contribution in [0.1, 0.15) is 35.2 Å². The largest absolute Gasteiger partial charge is 0.385 e. The topological polar surface area (TPSA) is 99.5 Å². The molecular formula is C17H23N3O4S. The predicted octanol–water partition coefficient (Wildman–Crippen LogP) is 1.12. The van der Waals surface area contributed by atoms with Crippen molar-refractivity contribution in [3.05, 3.63) is 35.4 Å². The molecule has 1 heterocycles. The molecule has 25 heavy (non-hydrogen) atoms. The van der Waals surface area contributed by atoms with Gasteiger partial charge in [0.05, 0.1) is 17.9 Å². The van der Waals surface area contributed by atoms with Gasteiger partial charge < -0.3 is 9.64 Å². The number of hydrogen-bond acceptors (Lipinski definition) is 5. The van der Waals surface area contributed by atoms with Gasteiger partial charge in [0.15, 0.2) is 0 Å². The molecule has 1 aromatic carbocycles. The Kier molecular flexibility index (Phi) is 6.16. The van der Waals surface area contributed by atoms with E-state index in [4.69, 9.17) is 10.00 Å². The van der Waals surface area contributed by atoms with Crippen molar-refractivity contribution in [1.82, 2.24) is 9.62 Å². The van der Waals surface area contributed by atoms with Crippen LogP contribution in [0.5, 0.6) is 0 Å². The molecule has 0 unspecified atom stereocenters. The van der Waals surface area contributed by atoms with Gasteiger partial charge >= 0.3 is 0 Å². The van der Waals surface area contributed by atoms with Gasteiger partial charge in [-0.05, 0) is 43.5 Å². The van der Waals surface area contributed by atoms with Gasteiger partial charge in [-0.25, -0.2) is 13.1 Å². The molecule has 0 radical (unpaired) electrons. The summed E-state index contributed by atoms with van der Waals surface area (Å²) < 4.78 is 31.3. The van der Waals surface area contributed by atoms with Gasteiger partial charge in [-0.3, -0.25) is 4.79 Å². The molecule has 0 saturated carbocycles. The molecule has 0 bridgehead atoms. The minimum Gasteiger partial charge on any atom is -0.385 e. The summed E-state index contributed by atoms with van der Waals surface area (Å²) in [5, 5.41) is 8.83. The minimum absolute atomic E-state index is 0.107. The highest BCUT2D eigenvalue weighted by Crippen LogP contribution is 2.27. The Hall–Kier alpha value is -1.95. The maximum absolute atomic E-state index is 12.6. The molecule has 136 valence electrons. The molecule has 1 aliphatic heterocycles. The number of nitrogens with zero attached hydrogens (tertiary/aromatic N) is 2. The summed E-state index contributed by atoms with van der Waals surface area (Å²) in [5.74, 6) is -0.107. The van der Waals surface area contributed by atoms with Crippen LogP contribution in [0, 0.1) is 11.3 Å². The number of benzene rings is 1. The second kappa shape index (κ2) is 7.95. The van der Waals surface area contributed by atoms with Gasteiger partial charge in [-0.1, -0.05) is 0 Å². The van der Waals surface area contributed by atoms with Gasteiger partial charge in [0, 0.05) is 37.9 Å². The van der Waals surface area contributed by atoms with Gasteiger partial charge in [0.1, 0.15) is 0 Å². The van der Waals surface area contributed by atoms with Crippen LogP contribution >= 0.6 is 0 Å². The first kappa shape index (κ1) is 19.4. The van der Waals surface area contributed by atoms with E-state index in [0.717, 1.165) is 6.26 Å². The van der Waals surface area contributed by atoms with E-state index in [1.165, 1.54) is 0 Å². The van der Waals surface area contributed by atoms with Crippen LogP contribution in [0.25, 0.3) is 0 Å². The van der Waals surface area contributed by atoms with Crippen LogP contribution < -0.4 is 4.72 Å². The van der Waals surface area contributed by atoms with E-state index < -0.39 is 15.6 Å². The van der Waals surface area contributed by atoms with Crippen molar-refractivity contribution < 1.29 is 17.9 Å². The number of methoxy groups -OCH3 is 1. The summed E-state index contributed by atoms with van der Waals surface area (Å²) in [6.45, 7) is 1.38. The molecule has 1 N–H and O–H groups in total. The van der Waals surface area contributed by atoms with Gasteiger partial charge in [0.25, 0.3) is 5.91 Å². The van der Waals surface area contributed by atoms with Crippen molar-refractivity contribution in [3.63, 3.8) is 0 Å². The zero-order valence-corrected chi connectivity index (χ0v) is 15.3. The smallest absolute Gasteiger partial charge is 0.253 e. The highest BCUT2D eigenvalue weighted by molar-refractivity contribution is 7.88. The zero-order chi connectivity index (χ0) is 18.5. The molecule has 1 aliphatic rings. The third-order valence-electron chi connectivity index (χ3n) is 4.46. The normalized spacial score (nSPS) is 17.1. The van der Waals surface area contributed by atoms with E-state index in [2.05, 4.69) is 4.72 Å². The van der Waals surface area contributed by atoms with Crippen molar-refractivity contribution >= 4 is 15.9 Å². The number of hydrogen-bond donors (Lipinski definition) is 1. The van der Waals surface area contributed by atoms with E-state index in [9.17, 15) is 13.2 Å². The second-order valence-electron chi connectivity index (χ2n) is 6.38. The Morgan fingerprint density at radius 1 is 1.32 bits per heavy atom. The summed E-state index contributed by atoms with van der Waals surface area (Å²) in [7, 11) is -1.77. The molecule has 0 aliphatic carbocycles. The van der Waals surface area contributed by atoms with Gasteiger partial charge in [-0.2, -0.15) is 5.26 Å². The quantitative estimate of drug-likeness (QED) is 0.814. The highest BCUT2D eigenvalue weighted by atomic mass is 32.2. The zero-order valence-electron chi connectivity index (χ0n) is 14.5. The van der Waals surface area contributed by atoms with E-state index in [-0.39, 0.29) is 5.91 Å². The average molecular weight is 365 g/mol. The number of amides is 1. The SMILES string of the molecule is COCCC1(NS(C)(=O)=O)CCN(C(=O)c2ccc(C#N)cc2)CC1. The molecule has 1 saturated heterocycles. The third kappa shape index (κ3) is 5.26. The van der Waals surface area contributed by atoms with Gasteiger partial charge in [0.2, 0.25) is 10.0 Å². The van der Waals surface area contributed by atoms with Crippen LogP contribution in [0.15, 0.2) is 24.3 Å². The highest BCUT2D eigenvalue weighted by Gasteiger charge is 2.37. The number of carbonyl (C=O) groups excluding carboxylic acids is 1. The van der Waals surface area contributed by atoms with Crippen molar-refractivity contribution in [2.45, 2.75) is 24.8 Å². The standard InChI is InChI=1S/C17H23N3O4S/c1-24-12-9-17(19-25(2,22)23)7-10-20(11-8-17)16(21)15-5-3-14(13-18)4-6-15/h3-6,19H,7-12H2,1-2H3. The van der Waals surface area contributed by atoms with Crippen molar-refractivity contribution in [3.8, 4) is 6.07 Å². The third-order valence-corrected chi connectivity index (χ3v) is 5.26. The number of sulfonamides is 1. The lowest BCUT2D eigenvalue weighted by Gasteiger charge is -2.42. The van der Waals surface area contributed by atoms with Crippen LogP contribution in [-0.2, 0) is 14.8 Å². The minimum atomic E-state index is -3.35. The Morgan fingerprint density at radius 2 is 1.92 bits per heavy atom. The fourth-order valence-corrected chi connectivity index (χ4v) is 4.19. The Labute approximate surface area is 148 Å². The molecular weight excluding hydrogens is 342 g/mol. The fourth-order valence-electron chi connectivity index (χ4n) is 3.10. The fraction of sp³-hybridized carbons (Fsp3) is 0.529. The predicted molar refractivity (Wildman–Crippen MR) is 93.5 cm³/mol. The Balaban J connectivity index is 2.06. The summed E-state index contributed by atoms with van der Waals surface area (Å²) >= 11 is 0. The molecule has 1 aromatic rings. The number of nitriles is 1. The number of ether oxygens (including phenoxy) is 1. The molecule has 1 fully saturated rings. The number of nitrogens with one attached hydrogen (secondary N) is 1. The Morgan fingerprint density at radius 3 is 2.40 bits per heavy atom. The Bertz CT molecular complexity index is 745. The average Bonchev–Trinajstić information content (AvgIpc) is 2.59. The molecule has 2 rings (SSSR count). The number of carbonyl (C=O) groups is 1. The lowest BCUT2D eigenvalue weighted by molar-refractivity contribution is 0.0621. The van der Waals surface area contributed by atoms with Crippen LogP contribution in [0.3, 0.4) is 0 Å². The number of likely N-dealkylation sites (tertiary alicyclic amines) is 1. The monoisotopic (exact) mass is 365 g/mol. The summed E-state index contributed by atoms with van der Waals surface area (Å²) in [6.07, 6.45) is 2.78. The first-order valence-electron chi connectivity index (χ1n) is 8.06. The van der Waals surface area contributed by atoms with Gasteiger partial charge in [-0.15, -0.1) is 0 Å². The first-order chi connectivity index (χ1) is 11.8. The number of rotatable bonds is 6. The maximum atomic E-state index is 12.6. The van der Waals surface area contributed by atoms with Crippen molar-refractivity contribution in [2.24, 2.45) is 0 Å². The lowest BCUT2D eigenvalue weighted by atomic mass is 9.85. The molecule has 0 atom stereocenters. The number of piperidine rings is 1. The van der Waals surface area contributed by atoms with E-state index in [1.54, 1.807) is 36.3 Å². The first-order valence-corrected chi connectivity index (χ1v) is 9.95. The second-order valence-corrected chi connectivity index (χ2v) is 8.13. The van der Waals surface area contributed by atoms with E-state index in [0.29, 0.717) is 50.1 Å². The molecule has 8 heteroatoms.